The first-order valence-corrected chi connectivity index (χ1v) is 5.17. The van der Waals surface area contributed by atoms with Crippen molar-refractivity contribution in [2.24, 2.45) is 0 Å². The first kappa shape index (κ1) is 12.5. The van der Waals surface area contributed by atoms with Gasteiger partial charge in [0.25, 0.3) is 0 Å². The summed E-state index contributed by atoms with van der Waals surface area (Å²) in [5.41, 5.74) is 1.74. The number of benzene rings is 1. The molecule has 2 N–H and O–H groups in total. The lowest BCUT2D eigenvalue weighted by Crippen LogP contribution is -2.22. The summed E-state index contributed by atoms with van der Waals surface area (Å²) in [5, 5.41) is 17.8. The van der Waals surface area contributed by atoms with E-state index in [-0.39, 0.29) is 6.42 Å². The van der Waals surface area contributed by atoms with Crippen LogP contribution in [0.1, 0.15) is 18.1 Å². The average molecular weight is 224 g/mol. The fourth-order valence-electron chi connectivity index (χ4n) is 1.45. The number of hydrogen-bond acceptors (Lipinski definition) is 3. The van der Waals surface area contributed by atoms with E-state index in [0.717, 1.165) is 16.9 Å². The lowest BCUT2D eigenvalue weighted by Gasteiger charge is -2.10. The predicted molar refractivity (Wildman–Crippen MR) is 59.7 cm³/mol. The fraction of sp³-hybridized carbons (Fsp3) is 0.417. The zero-order valence-electron chi connectivity index (χ0n) is 9.43. The number of carboxylic acid groups (broad SMARTS) is 1. The molecular weight excluding hydrogens is 208 g/mol. The van der Waals surface area contributed by atoms with Gasteiger partial charge in [-0.2, -0.15) is 0 Å². The predicted octanol–water partition coefficient (Wildman–Crippen LogP) is 1.38. The number of hydrogen-bond donors (Lipinski definition) is 2. The average Bonchev–Trinajstić information content (AvgIpc) is 2.22. The Hall–Kier alpha value is -1.55. The van der Waals surface area contributed by atoms with Gasteiger partial charge in [-0.15, -0.1) is 0 Å². The van der Waals surface area contributed by atoms with Gasteiger partial charge in [-0.3, -0.25) is 0 Å². The van der Waals surface area contributed by atoms with Crippen molar-refractivity contribution in [2.75, 3.05) is 6.61 Å². The molecule has 1 atom stereocenters. The Bertz CT molecular complexity index is 373. The number of carbonyl (C=O) groups is 1. The van der Waals surface area contributed by atoms with Crippen molar-refractivity contribution in [1.29, 1.82) is 0 Å². The highest BCUT2D eigenvalue weighted by molar-refractivity contribution is 5.72. The van der Waals surface area contributed by atoms with Gasteiger partial charge in [-0.25, -0.2) is 4.79 Å². The highest BCUT2D eigenvalue weighted by Crippen LogP contribution is 2.18. The first-order chi connectivity index (χ1) is 7.54. The summed E-state index contributed by atoms with van der Waals surface area (Å²) in [5.74, 6) is -0.443. The van der Waals surface area contributed by atoms with Crippen molar-refractivity contribution in [3.05, 3.63) is 29.3 Å². The summed E-state index contributed by atoms with van der Waals surface area (Å²) in [6.45, 7) is 4.36. The lowest BCUT2D eigenvalue weighted by molar-refractivity contribution is -0.146. The standard InChI is InChI=1S/C12H16O4/c1-3-16-10-5-4-9(8(2)6-10)7-11(13)12(14)15/h4-6,11,13H,3,7H2,1-2H3,(H,14,15). The van der Waals surface area contributed by atoms with Gasteiger partial charge in [-0.1, -0.05) is 6.07 Å². The molecule has 0 bridgehead atoms. The van der Waals surface area contributed by atoms with Crippen LogP contribution in [0.4, 0.5) is 0 Å². The molecule has 4 heteroatoms. The van der Waals surface area contributed by atoms with E-state index in [0.29, 0.717) is 6.61 Å². The van der Waals surface area contributed by atoms with Crippen LogP contribution in [0, 0.1) is 6.92 Å². The number of carboxylic acids is 1. The molecule has 1 unspecified atom stereocenters. The van der Waals surface area contributed by atoms with Crippen molar-refractivity contribution >= 4 is 5.97 Å². The summed E-state index contributed by atoms with van der Waals surface area (Å²) in [6, 6.07) is 5.40. The molecule has 0 saturated heterocycles. The summed E-state index contributed by atoms with van der Waals surface area (Å²) in [7, 11) is 0. The van der Waals surface area contributed by atoms with Crippen LogP contribution in [0.25, 0.3) is 0 Å². The van der Waals surface area contributed by atoms with Crippen LogP contribution in [0.2, 0.25) is 0 Å². The summed E-state index contributed by atoms with van der Waals surface area (Å²) >= 11 is 0. The van der Waals surface area contributed by atoms with E-state index in [2.05, 4.69) is 0 Å². The van der Waals surface area contributed by atoms with Crippen LogP contribution in [-0.2, 0) is 11.2 Å². The Morgan fingerprint density at radius 3 is 2.69 bits per heavy atom. The Balaban J connectivity index is 2.78. The first-order valence-electron chi connectivity index (χ1n) is 5.17. The van der Waals surface area contributed by atoms with Crippen LogP contribution < -0.4 is 4.74 Å². The molecule has 0 aliphatic carbocycles. The number of aliphatic carboxylic acids is 1. The summed E-state index contributed by atoms with van der Waals surface area (Å²) < 4.78 is 5.32. The molecule has 0 aliphatic heterocycles. The van der Waals surface area contributed by atoms with E-state index in [9.17, 15) is 9.90 Å². The normalized spacial score (nSPS) is 12.2. The van der Waals surface area contributed by atoms with Crippen molar-refractivity contribution in [2.45, 2.75) is 26.4 Å². The highest BCUT2D eigenvalue weighted by atomic mass is 16.5. The maximum absolute atomic E-state index is 10.5. The van der Waals surface area contributed by atoms with E-state index in [1.54, 1.807) is 12.1 Å². The van der Waals surface area contributed by atoms with Crippen molar-refractivity contribution < 1.29 is 19.7 Å². The van der Waals surface area contributed by atoms with E-state index in [1.165, 1.54) is 0 Å². The van der Waals surface area contributed by atoms with E-state index in [1.807, 2.05) is 19.9 Å². The van der Waals surface area contributed by atoms with Crippen molar-refractivity contribution in [3.8, 4) is 5.75 Å². The van der Waals surface area contributed by atoms with Gasteiger partial charge in [0.05, 0.1) is 6.61 Å². The van der Waals surface area contributed by atoms with Gasteiger partial charge in [-0.05, 0) is 37.1 Å². The summed E-state index contributed by atoms with van der Waals surface area (Å²) in [6.07, 6.45) is -1.23. The van der Waals surface area contributed by atoms with Crippen molar-refractivity contribution in [3.63, 3.8) is 0 Å². The van der Waals surface area contributed by atoms with Crippen LogP contribution in [0.3, 0.4) is 0 Å². The number of ether oxygens (including phenoxy) is 1. The molecular formula is C12H16O4. The second kappa shape index (κ2) is 5.51. The zero-order valence-corrected chi connectivity index (χ0v) is 9.43. The van der Waals surface area contributed by atoms with Crippen LogP contribution in [-0.4, -0.2) is 28.9 Å². The quantitative estimate of drug-likeness (QED) is 0.793. The molecule has 88 valence electrons. The van der Waals surface area contributed by atoms with Crippen LogP contribution >= 0.6 is 0 Å². The number of aliphatic hydroxyl groups is 1. The van der Waals surface area contributed by atoms with Gasteiger partial charge >= 0.3 is 5.97 Å². The Labute approximate surface area is 94.5 Å². The van der Waals surface area contributed by atoms with Crippen LogP contribution in [0.5, 0.6) is 5.75 Å². The van der Waals surface area contributed by atoms with E-state index >= 15 is 0 Å². The molecule has 0 amide bonds. The van der Waals surface area contributed by atoms with Gasteiger partial charge in [0.15, 0.2) is 6.10 Å². The minimum absolute atomic E-state index is 0.119. The zero-order chi connectivity index (χ0) is 12.1. The third-order valence-electron chi connectivity index (χ3n) is 2.32. The lowest BCUT2D eigenvalue weighted by atomic mass is 10.0. The SMILES string of the molecule is CCOc1ccc(CC(O)C(=O)O)c(C)c1. The molecule has 0 saturated carbocycles. The Morgan fingerprint density at radius 2 is 2.19 bits per heavy atom. The van der Waals surface area contributed by atoms with Gasteiger partial charge in [0.1, 0.15) is 5.75 Å². The molecule has 0 spiro atoms. The van der Waals surface area contributed by atoms with Gasteiger partial charge in [0.2, 0.25) is 0 Å². The topological polar surface area (TPSA) is 66.8 Å². The van der Waals surface area contributed by atoms with Gasteiger partial charge < -0.3 is 14.9 Å². The second-order valence-corrected chi connectivity index (χ2v) is 3.58. The van der Waals surface area contributed by atoms with Crippen LogP contribution in [0.15, 0.2) is 18.2 Å². The van der Waals surface area contributed by atoms with Crippen molar-refractivity contribution in [1.82, 2.24) is 0 Å². The molecule has 0 radical (unpaired) electrons. The maximum atomic E-state index is 10.5. The monoisotopic (exact) mass is 224 g/mol. The number of aliphatic hydroxyl groups excluding tert-OH is 1. The summed E-state index contributed by atoms with van der Waals surface area (Å²) in [4.78, 5) is 10.5. The molecule has 1 aromatic carbocycles. The minimum atomic E-state index is -1.35. The van der Waals surface area contributed by atoms with Gasteiger partial charge in [0, 0.05) is 6.42 Å². The molecule has 1 rings (SSSR count). The molecule has 0 fully saturated rings. The molecule has 0 aromatic heterocycles. The maximum Gasteiger partial charge on any atom is 0.332 e. The molecule has 1 aromatic rings. The largest absolute Gasteiger partial charge is 0.494 e. The minimum Gasteiger partial charge on any atom is -0.494 e. The Morgan fingerprint density at radius 1 is 1.50 bits per heavy atom. The molecule has 0 aliphatic rings. The third-order valence-corrected chi connectivity index (χ3v) is 2.32. The Kier molecular flexibility index (Phi) is 4.31. The molecule has 16 heavy (non-hydrogen) atoms. The fourth-order valence-corrected chi connectivity index (χ4v) is 1.45. The molecule has 4 nitrogen and oxygen atoms in total. The second-order valence-electron chi connectivity index (χ2n) is 3.58. The number of rotatable bonds is 5. The van der Waals surface area contributed by atoms with E-state index in [4.69, 9.17) is 9.84 Å². The van der Waals surface area contributed by atoms with E-state index < -0.39 is 12.1 Å². The molecule has 0 heterocycles. The smallest absolute Gasteiger partial charge is 0.332 e. The highest BCUT2D eigenvalue weighted by Gasteiger charge is 2.14. The number of aryl methyl sites for hydroxylation is 1. The third kappa shape index (κ3) is 3.24.